The zero-order valence-electron chi connectivity index (χ0n) is 22.9. The van der Waals surface area contributed by atoms with Gasteiger partial charge in [-0.2, -0.15) is 15.0 Å². The molecule has 3 aromatic carbocycles. The normalized spacial score (nSPS) is 14.4. The van der Waals surface area contributed by atoms with Crippen LogP contribution in [0.1, 0.15) is 52.5 Å². The Kier molecular flexibility index (Phi) is 7.90. The lowest BCUT2D eigenvalue weighted by Crippen LogP contribution is -2.48. The molecule has 1 aromatic heterocycles. The maximum atomic E-state index is 13.9. The number of nitriles is 1. The van der Waals surface area contributed by atoms with E-state index >= 15 is 0 Å². The van der Waals surface area contributed by atoms with E-state index in [9.17, 15) is 14.9 Å². The summed E-state index contributed by atoms with van der Waals surface area (Å²) in [6.45, 7) is 6.22. The van der Waals surface area contributed by atoms with Crippen molar-refractivity contribution in [3.63, 3.8) is 0 Å². The summed E-state index contributed by atoms with van der Waals surface area (Å²) in [5.74, 6) is 0.212. The van der Waals surface area contributed by atoms with Crippen LogP contribution in [0, 0.1) is 25.2 Å². The van der Waals surface area contributed by atoms with Crippen LogP contribution in [-0.2, 0) is 10.2 Å². The van der Waals surface area contributed by atoms with Gasteiger partial charge in [0.05, 0.1) is 16.1 Å². The highest BCUT2D eigenvalue weighted by Crippen LogP contribution is 2.38. The Morgan fingerprint density at radius 3 is 2.29 bits per heavy atom. The van der Waals surface area contributed by atoms with E-state index in [2.05, 4.69) is 11.2 Å². The van der Waals surface area contributed by atoms with Crippen molar-refractivity contribution < 1.29 is 14.3 Å². The number of ether oxygens (including phenoxy) is 1. The Balaban J connectivity index is 1.53. The van der Waals surface area contributed by atoms with Crippen molar-refractivity contribution in [3.05, 3.63) is 105 Å². The van der Waals surface area contributed by atoms with Crippen LogP contribution in [0.3, 0.4) is 0 Å². The number of ketones is 1. The molecule has 0 bridgehead atoms. The SMILES string of the molecule is CC(=O)C1(c2ccccc2)CCN(C(=O)c2nn(-c3ccc(Cl)cc3Cl)c(Oc3ccc(C)c(C)c3)c2C#N)CC1. The third-order valence-electron chi connectivity index (χ3n) is 7.89. The summed E-state index contributed by atoms with van der Waals surface area (Å²) in [7, 11) is 0. The van der Waals surface area contributed by atoms with Gasteiger partial charge in [-0.05, 0) is 80.6 Å². The second-order valence-corrected chi connectivity index (χ2v) is 11.1. The van der Waals surface area contributed by atoms with E-state index < -0.39 is 11.3 Å². The van der Waals surface area contributed by atoms with E-state index in [0.29, 0.717) is 42.4 Å². The van der Waals surface area contributed by atoms with Crippen LogP contribution in [-0.4, -0.2) is 39.5 Å². The number of carbonyl (C=O) groups excluding carboxylic acids is 2. The second-order valence-electron chi connectivity index (χ2n) is 10.3. The molecule has 9 heteroatoms. The monoisotopic (exact) mass is 586 g/mol. The first-order valence-corrected chi connectivity index (χ1v) is 14.0. The number of rotatable bonds is 6. The van der Waals surface area contributed by atoms with Crippen molar-refractivity contribution in [1.29, 1.82) is 5.26 Å². The molecule has 2 heterocycles. The van der Waals surface area contributed by atoms with E-state index in [1.54, 1.807) is 36.1 Å². The van der Waals surface area contributed by atoms with Crippen LogP contribution < -0.4 is 4.74 Å². The van der Waals surface area contributed by atoms with Crippen LogP contribution in [0.4, 0.5) is 0 Å². The Morgan fingerprint density at radius 1 is 0.976 bits per heavy atom. The summed E-state index contributed by atoms with van der Waals surface area (Å²) in [4.78, 5) is 28.4. The standard InChI is InChI=1S/C32H28Cl2N4O3/c1-20-9-11-25(17-21(20)2)41-31-26(19-35)29(36-38(31)28-12-10-24(33)18-27(28)34)30(40)37-15-13-32(14-16-37,22(3)39)23-7-5-4-6-8-23/h4-12,17-18H,13-16H2,1-3H3. The average molecular weight is 588 g/mol. The van der Waals surface area contributed by atoms with Crippen molar-refractivity contribution in [1.82, 2.24) is 14.7 Å². The Hall–Kier alpha value is -4.12. The van der Waals surface area contributed by atoms with Crippen molar-refractivity contribution in [3.8, 4) is 23.4 Å². The number of carbonyl (C=O) groups is 2. The molecule has 5 rings (SSSR count). The van der Waals surface area contributed by atoms with Gasteiger partial charge in [0.2, 0.25) is 5.88 Å². The molecule has 7 nitrogen and oxygen atoms in total. The van der Waals surface area contributed by atoms with E-state index in [-0.39, 0.29) is 27.9 Å². The molecule has 0 unspecified atom stereocenters. The fourth-order valence-electron chi connectivity index (χ4n) is 5.30. The summed E-state index contributed by atoms with van der Waals surface area (Å²) in [6.07, 6.45) is 0.936. The molecule has 1 saturated heterocycles. The molecule has 1 aliphatic heterocycles. The van der Waals surface area contributed by atoms with E-state index in [0.717, 1.165) is 16.7 Å². The molecule has 1 aliphatic rings. The predicted molar refractivity (Wildman–Crippen MR) is 158 cm³/mol. The van der Waals surface area contributed by atoms with Crippen molar-refractivity contribution in [2.75, 3.05) is 13.1 Å². The van der Waals surface area contributed by atoms with Crippen molar-refractivity contribution in [2.24, 2.45) is 0 Å². The number of nitrogens with zero attached hydrogens (tertiary/aromatic N) is 4. The lowest BCUT2D eigenvalue weighted by Gasteiger charge is -2.40. The molecule has 4 aromatic rings. The van der Waals surface area contributed by atoms with Crippen molar-refractivity contribution in [2.45, 2.75) is 39.0 Å². The molecule has 0 atom stereocenters. The van der Waals surface area contributed by atoms with E-state index in [4.69, 9.17) is 27.9 Å². The maximum Gasteiger partial charge on any atom is 0.275 e. The topological polar surface area (TPSA) is 88.2 Å². The zero-order chi connectivity index (χ0) is 29.3. The summed E-state index contributed by atoms with van der Waals surface area (Å²) in [6, 6.07) is 22.2. The molecule has 1 amide bonds. The minimum atomic E-state index is -0.663. The molecule has 0 aliphatic carbocycles. The molecule has 0 radical (unpaired) electrons. The number of benzene rings is 3. The first kappa shape index (κ1) is 28.4. The van der Waals surface area contributed by atoms with Gasteiger partial charge in [0, 0.05) is 18.1 Å². The van der Waals surface area contributed by atoms with Crippen LogP contribution in [0.15, 0.2) is 66.7 Å². The molecule has 41 heavy (non-hydrogen) atoms. The van der Waals surface area contributed by atoms with Gasteiger partial charge in [-0.25, -0.2) is 0 Å². The largest absolute Gasteiger partial charge is 0.438 e. The average Bonchev–Trinajstić information content (AvgIpc) is 3.32. The Bertz CT molecular complexity index is 1680. The number of amides is 1. The molecular formula is C32H28Cl2N4O3. The van der Waals surface area contributed by atoms with Crippen LogP contribution in [0.2, 0.25) is 10.0 Å². The zero-order valence-corrected chi connectivity index (χ0v) is 24.5. The molecule has 1 fully saturated rings. The number of hydrogen-bond acceptors (Lipinski definition) is 5. The van der Waals surface area contributed by atoms with Crippen molar-refractivity contribution >= 4 is 34.9 Å². The molecule has 0 N–H and O–H groups in total. The number of aromatic nitrogens is 2. The molecule has 208 valence electrons. The first-order chi connectivity index (χ1) is 19.6. The predicted octanol–water partition coefficient (Wildman–Crippen LogP) is 7.22. The van der Waals surface area contributed by atoms with Gasteiger partial charge in [-0.1, -0.05) is 59.6 Å². The number of Topliss-reactive ketones (excluding diaryl/α,β-unsaturated/α-hetero) is 1. The molecular weight excluding hydrogens is 559 g/mol. The number of halogens is 2. The number of hydrogen-bond donors (Lipinski definition) is 0. The van der Waals surface area contributed by atoms with Gasteiger partial charge >= 0.3 is 0 Å². The number of piperidine rings is 1. The summed E-state index contributed by atoms with van der Waals surface area (Å²) >= 11 is 12.7. The number of aryl methyl sites for hydroxylation is 2. The highest BCUT2D eigenvalue weighted by molar-refractivity contribution is 6.35. The quantitative estimate of drug-likeness (QED) is 0.238. The lowest BCUT2D eigenvalue weighted by atomic mass is 9.70. The van der Waals surface area contributed by atoms with E-state index in [1.165, 1.54) is 4.68 Å². The maximum absolute atomic E-state index is 13.9. The van der Waals surface area contributed by atoms with Gasteiger partial charge in [-0.15, -0.1) is 0 Å². The van der Waals surface area contributed by atoms with Gasteiger partial charge in [-0.3, -0.25) is 9.59 Å². The summed E-state index contributed by atoms with van der Waals surface area (Å²) in [5, 5.41) is 15.5. The first-order valence-electron chi connectivity index (χ1n) is 13.2. The highest BCUT2D eigenvalue weighted by Gasteiger charge is 2.42. The Morgan fingerprint density at radius 2 is 1.68 bits per heavy atom. The minimum Gasteiger partial charge on any atom is -0.438 e. The van der Waals surface area contributed by atoms with Crippen LogP contribution >= 0.6 is 23.2 Å². The van der Waals surface area contributed by atoms with Gasteiger partial charge in [0.1, 0.15) is 23.2 Å². The van der Waals surface area contributed by atoms with Gasteiger partial charge in [0.25, 0.3) is 5.91 Å². The highest BCUT2D eigenvalue weighted by atomic mass is 35.5. The number of likely N-dealkylation sites (tertiary alicyclic amines) is 1. The van der Waals surface area contributed by atoms with Gasteiger partial charge < -0.3 is 9.64 Å². The molecule has 0 spiro atoms. The summed E-state index contributed by atoms with van der Waals surface area (Å²) < 4.78 is 7.59. The molecule has 0 saturated carbocycles. The van der Waals surface area contributed by atoms with E-state index in [1.807, 2.05) is 56.3 Å². The smallest absolute Gasteiger partial charge is 0.275 e. The minimum absolute atomic E-state index is 0.00860. The Labute approximate surface area is 248 Å². The van der Waals surface area contributed by atoms with Crippen LogP contribution in [0.25, 0.3) is 5.69 Å². The van der Waals surface area contributed by atoms with Gasteiger partial charge in [0.15, 0.2) is 5.69 Å². The summed E-state index contributed by atoms with van der Waals surface area (Å²) in [5.41, 5.74) is 2.73. The lowest BCUT2D eigenvalue weighted by molar-refractivity contribution is -0.124. The van der Waals surface area contributed by atoms with Crippen LogP contribution in [0.5, 0.6) is 11.6 Å². The second kappa shape index (κ2) is 11.4. The third kappa shape index (κ3) is 5.33. The fourth-order valence-corrected chi connectivity index (χ4v) is 5.78. The fraction of sp³-hybridized carbons (Fsp3) is 0.250. The third-order valence-corrected chi connectivity index (χ3v) is 8.43.